The van der Waals surface area contributed by atoms with Gasteiger partial charge in [0.2, 0.25) is 0 Å². The number of aliphatic hydroxyl groups is 1. The SMILES string of the molecule is Cc1cc2nc(-c3cncn3C)cc(/C=C/c3ccnc(CCC(C)(C)O)c3)c2cc1CCN. The molecular formula is C28H33N5O. The molecule has 0 saturated heterocycles. The average molecular weight is 456 g/mol. The average Bonchev–Trinajstić information content (AvgIpc) is 3.22. The number of benzene rings is 1. The van der Waals surface area contributed by atoms with Crippen molar-refractivity contribution < 1.29 is 5.11 Å². The lowest BCUT2D eigenvalue weighted by atomic mass is 9.98. The van der Waals surface area contributed by atoms with Crippen molar-refractivity contribution in [2.75, 3.05) is 6.54 Å². The van der Waals surface area contributed by atoms with Gasteiger partial charge in [0.05, 0.1) is 35.0 Å². The van der Waals surface area contributed by atoms with Gasteiger partial charge in [-0.3, -0.25) is 4.98 Å². The minimum absolute atomic E-state index is 0.614. The van der Waals surface area contributed by atoms with E-state index in [2.05, 4.69) is 53.3 Å². The van der Waals surface area contributed by atoms with Crippen LogP contribution in [0.4, 0.5) is 0 Å². The Morgan fingerprint density at radius 3 is 2.65 bits per heavy atom. The fraction of sp³-hybridized carbons (Fsp3) is 0.321. The molecule has 0 aliphatic carbocycles. The highest BCUT2D eigenvalue weighted by molar-refractivity contribution is 5.93. The molecule has 6 nitrogen and oxygen atoms in total. The van der Waals surface area contributed by atoms with Crippen LogP contribution >= 0.6 is 0 Å². The third-order valence-electron chi connectivity index (χ3n) is 6.08. The molecule has 1 aromatic carbocycles. The minimum atomic E-state index is -0.703. The first-order valence-electron chi connectivity index (χ1n) is 11.7. The Morgan fingerprint density at radius 1 is 1.12 bits per heavy atom. The summed E-state index contributed by atoms with van der Waals surface area (Å²) in [5.74, 6) is 0. The summed E-state index contributed by atoms with van der Waals surface area (Å²) in [7, 11) is 1.98. The number of hydrogen-bond acceptors (Lipinski definition) is 5. The van der Waals surface area contributed by atoms with Gasteiger partial charge in [-0.1, -0.05) is 12.2 Å². The molecule has 176 valence electrons. The topological polar surface area (TPSA) is 89.8 Å². The summed E-state index contributed by atoms with van der Waals surface area (Å²) in [5, 5.41) is 11.1. The normalized spacial score (nSPS) is 12.2. The van der Waals surface area contributed by atoms with Crippen LogP contribution < -0.4 is 5.73 Å². The first-order chi connectivity index (χ1) is 16.2. The van der Waals surface area contributed by atoms with Crippen molar-refractivity contribution in [1.29, 1.82) is 0 Å². The van der Waals surface area contributed by atoms with Crippen molar-refractivity contribution in [3.63, 3.8) is 0 Å². The van der Waals surface area contributed by atoms with E-state index in [1.54, 1.807) is 6.33 Å². The van der Waals surface area contributed by atoms with Gasteiger partial charge in [0, 0.05) is 24.3 Å². The van der Waals surface area contributed by atoms with Crippen molar-refractivity contribution in [3.05, 3.63) is 77.0 Å². The van der Waals surface area contributed by atoms with Crippen molar-refractivity contribution in [3.8, 4) is 11.4 Å². The second-order valence-electron chi connectivity index (χ2n) is 9.55. The Balaban J connectivity index is 1.76. The zero-order valence-electron chi connectivity index (χ0n) is 20.4. The first-order valence-corrected chi connectivity index (χ1v) is 11.7. The summed E-state index contributed by atoms with van der Waals surface area (Å²) in [4.78, 5) is 13.7. The van der Waals surface area contributed by atoms with E-state index in [4.69, 9.17) is 10.7 Å². The first kappa shape index (κ1) is 23.8. The van der Waals surface area contributed by atoms with Gasteiger partial charge in [0.25, 0.3) is 0 Å². The molecule has 6 heteroatoms. The molecule has 4 rings (SSSR count). The van der Waals surface area contributed by atoms with Crippen molar-refractivity contribution >= 4 is 23.1 Å². The Kier molecular flexibility index (Phi) is 6.91. The molecule has 34 heavy (non-hydrogen) atoms. The highest BCUT2D eigenvalue weighted by Crippen LogP contribution is 2.28. The molecule has 3 N–H and O–H groups in total. The number of pyridine rings is 2. The summed E-state index contributed by atoms with van der Waals surface area (Å²) in [6, 6.07) is 10.6. The molecule has 4 aromatic rings. The zero-order chi connectivity index (χ0) is 24.3. The van der Waals surface area contributed by atoms with Gasteiger partial charge in [0.1, 0.15) is 0 Å². The fourth-order valence-electron chi connectivity index (χ4n) is 4.10. The van der Waals surface area contributed by atoms with Gasteiger partial charge in [0.15, 0.2) is 0 Å². The van der Waals surface area contributed by atoms with Crippen LogP contribution in [0.25, 0.3) is 34.4 Å². The van der Waals surface area contributed by atoms with Crippen molar-refractivity contribution in [2.45, 2.75) is 45.6 Å². The van der Waals surface area contributed by atoms with Gasteiger partial charge in [-0.15, -0.1) is 0 Å². The fourth-order valence-corrected chi connectivity index (χ4v) is 4.10. The molecule has 0 fully saturated rings. The van der Waals surface area contributed by atoms with E-state index in [9.17, 15) is 5.11 Å². The predicted molar refractivity (Wildman–Crippen MR) is 139 cm³/mol. The second kappa shape index (κ2) is 9.87. The predicted octanol–water partition coefficient (Wildman–Crippen LogP) is 4.71. The lowest BCUT2D eigenvalue weighted by Crippen LogP contribution is -2.19. The van der Waals surface area contributed by atoms with Crippen LogP contribution in [0, 0.1) is 6.92 Å². The van der Waals surface area contributed by atoms with Crippen molar-refractivity contribution in [1.82, 2.24) is 19.5 Å². The summed E-state index contributed by atoms with van der Waals surface area (Å²) in [6.45, 7) is 6.38. The van der Waals surface area contributed by atoms with Gasteiger partial charge in [-0.2, -0.15) is 0 Å². The highest BCUT2D eigenvalue weighted by atomic mass is 16.3. The lowest BCUT2D eigenvalue weighted by molar-refractivity contribution is 0.0711. The van der Waals surface area contributed by atoms with E-state index >= 15 is 0 Å². The van der Waals surface area contributed by atoms with Crippen LogP contribution in [0.1, 0.15) is 48.2 Å². The summed E-state index contributed by atoms with van der Waals surface area (Å²) in [6.07, 6.45) is 11.9. The summed E-state index contributed by atoms with van der Waals surface area (Å²) < 4.78 is 1.98. The maximum atomic E-state index is 10.0. The number of fused-ring (bicyclic) bond motifs is 1. The Labute approximate surface area is 201 Å². The van der Waals surface area contributed by atoms with Crippen molar-refractivity contribution in [2.24, 2.45) is 12.8 Å². The molecule has 0 spiro atoms. The molecule has 3 heterocycles. The maximum absolute atomic E-state index is 10.0. The number of imidazole rings is 1. The van der Waals surface area contributed by atoms with Crippen LogP contribution in [-0.2, 0) is 19.9 Å². The maximum Gasteiger partial charge on any atom is 0.0948 e. The zero-order valence-corrected chi connectivity index (χ0v) is 20.4. The molecule has 0 saturated carbocycles. The van der Waals surface area contributed by atoms with Gasteiger partial charge < -0.3 is 15.4 Å². The summed E-state index contributed by atoms with van der Waals surface area (Å²) >= 11 is 0. The van der Waals surface area contributed by atoms with Crippen LogP contribution in [0.2, 0.25) is 0 Å². The summed E-state index contributed by atoms with van der Waals surface area (Å²) in [5.41, 5.74) is 13.6. The van der Waals surface area contributed by atoms with Crippen LogP contribution in [-0.4, -0.2) is 36.8 Å². The number of rotatable bonds is 8. The largest absolute Gasteiger partial charge is 0.390 e. The minimum Gasteiger partial charge on any atom is -0.390 e. The Hall–Kier alpha value is -3.35. The molecule has 0 amide bonds. The molecule has 0 aliphatic heterocycles. The lowest BCUT2D eigenvalue weighted by Gasteiger charge is -2.16. The molecule has 0 aliphatic rings. The Bertz CT molecular complexity index is 1330. The van der Waals surface area contributed by atoms with Gasteiger partial charge >= 0.3 is 0 Å². The van der Waals surface area contributed by atoms with Gasteiger partial charge in [-0.05, 0) is 99.2 Å². The standard InChI is InChI=1S/C28H33N5O/c1-19-13-25-24(15-21(19)8-11-29)22(16-26(32-25)27-17-30-18-33(27)4)6-5-20-9-12-31-23(14-20)7-10-28(2,3)34/h5-6,9,12-18,34H,7-8,10-11,29H2,1-4H3/b6-5+. The smallest absolute Gasteiger partial charge is 0.0948 e. The molecule has 0 unspecified atom stereocenters. The molecular weight excluding hydrogens is 422 g/mol. The molecule has 0 atom stereocenters. The number of nitrogens with two attached hydrogens (primary N) is 1. The quantitative estimate of drug-likeness (QED) is 0.401. The molecule has 0 bridgehead atoms. The van der Waals surface area contributed by atoms with E-state index in [0.717, 1.165) is 52.0 Å². The number of nitrogens with zero attached hydrogens (tertiary/aromatic N) is 4. The van der Waals surface area contributed by atoms with Crippen LogP contribution in [0.15, 0.2) is 49.1 Å². The monoisotopic (exact) mass is 455 g/mol. The van der Waals surface area contributed by atoms with E-state index in [-0.39, 0.29) is 0 Å². The van der Waals surface area contributed by atoms with E-state index in [1.807, 2.05) is 43.9 Å². The van der Waals surface area contributed by atoms with E-state index < -0.39 is 5.60 Å². The second-order valence-corrected chi connectivity index (χ2v) is 9.55. The highest BCUT2D eigenvalue weighted by Gasteiger charge is 2.13. The third-order valence-corrected chi connectivity index (χ3v) is 6.08. The third kappa shape index (κ3) is 5.58. The Morgan fingerprint density at radius 2 is 1.94 bits per heavy atom. The number of aromatic nitrogens is 4. The van der Waals surface area contributed by atoms with E-state index in [0.29, 0.717) is 13.0 Å². The van der Waals surface area contributed by atoms with Crippen LogP contribution in [0.3, 0.4) is 0 Å². The van der Waals surface area contributed by atoms with Crippen LogP contribution in [0.5, 0.6) is 0 Å². The molecule has 0 radical (unpaired) electrons. The van der Waals surface area contributed by atoms with Gasteiger partial charge in [-0.25, -0.2) is 9.97 Å². The van der Waals surface area contributed by atoms with E-state index in [1.165, 1.54) is 11.1 Å². The number of aryl methyl sites for hydroxylation is 3. The number of hydrogen-bond donors (Lipinski definition) is 2. The molecule has 3 aromatic heterocycles.